The molecule has 2 amide bonds. The molecule has 8 atom stereocenters. The van der Waals surface area contributed by atoms with Crippen LogP contribution < -0.4 is 10.6 Å². The fraction of sp³-hybridized carbons (Fsp3) is 0.924. The number of aliphatic hydroxyl groups excluding tert-OH is 2. The van der Waals surface area contributed by atoms with E-state index in [0.29, 0.717) is 25.7 Å². The monoisotopic (exact) mass is 1140 g/mol. The molecule has 1 heterocycles. The van der Waals surface area contributed by atoms with Gasteiger partial charge in [0.05, 0.1) is 19.1 Å². The first kappa shape index (κ1) is 75.2. The Morgan fingerprint density at radius 3 is 1.24 bits per heavy atom. The molecule has 1 saturated heterocycles. The van der Waals surface area contributed by atoms with Crippen LogP contribution in [0.5, 0.6) is 0 Å². The first-order valence-electron chi connectivity index (χ1n) is 33.7. The molecule has 0 spiro atoms. The second kappa shape index (κ2) is 53.0. The topological polar surface area (TPSA) is 207 Å². The Bertz CT molecular complexity index is 1500. The summed E-state index contributed by atoms with van der Waals surface area (Å²) in [6.45, 7) is 9.65. The van der Waals surface area contributed by atoms with Crippen molar-refractivity contribution in [3.05, 3.63) is 0 Å². The lowest BCUT2D eigenvalue weighted by Crippen LogP contribution is -2.67. The van der Waals surface area contributed by atoms with E-state index in [1.807, 2.05) is 0 Å². The van der Waals surface area contributed by atoms with Crippen LogP contribution in [0.15, 0.2) is 0 Å². The summed E-state index contributed by atoms with van der Waals surface area (Å²) < 4.78 is 24.4. The van der Waals surface area contributed by atoms with Crippen molar-refractivity contribution >= 4 is 29.7 Å². The van der Waals surface area contributed by atoms with Crippen LogP contribution >= 0.6 is 0 Å². The second-order valence-electron chi connectivity index (χ2n) is 23.8. The first-order chi connectivity index (χ1) is 38.9. The van der Waals surface area contributed by atoms with Crippen LogP contribution in [0.4, 0.5) is 0 Å². The smallest absolute Gasteiger partial charge is 0.328 e. The van der Waals surface area contributed by atoms with Gasteiger partial charge in [-0.2, -0.15) is 0 Å². The lowest BCUT2D eigenvalue weighted by atomic mass is 9.95. The maximum atomic E-state index is 14.3. The molecule has 1 aliphatic rings. The van der Waals surface area contributed by atoms with E-state index in [9.17, 15) is 39.3 Å². The third kappa shape index (κ3) is 40.4. The molecule has 0 radical (unpaired) electrons. The lowest BCUT2D eigenvalue weighted by molar-refractivity contribution is -0.284. The molecule has 0 aromatic rings. The molecular weight excluding hydrogens is 1010 g/mol. The highest BCUT2D eigenvalue weighted by molar-refractivity contribution is 5.84. The van der Waals surface area contributed by atoms with Gasteiger partial charge in [-0.1, -0.05) is 272 Å². The Morgan fingerprint density at radius 1 is 0.487 bits per heavy atom. The molecular formula is C66H124N2O12. The van der Waals surface area contributed by atoms with Gasteiger partial charge in [0, 0.05) is 19.3 Å². The van der Waals surface area contributed by atoms with Gasteiger partial charge in [0.2, 0.25) is 11.8 Å². The number of esters is 2. The minimum atomic E-state index is -1.59. The van der Waals surface area contributed by atoms with Gasteiger partial charge in [0.1, 0.15) is 24.4 Å². The minimum Gasteiger partial charge on any atom is -0.480 e. The summed E-state index contributed by atoms with van der Waals surface area (Å²) in [7, 11) is 0. The van der Waals surface area contributed by atoms with Crippen molar-refractivity contribution in [1.82, 2.24) is 10.6 Å². The zero-order valence-corrected chi connectivity index (χ0v) is 52.1. The predicted octanol–water partition coefficient (Wildman–Crippen LogP) is 15.8. The zero-order chi connectivity index (χ0) is 58.7. The summed E-state index contributed by atoms with van der Waals surface area (Å²) in [6, 6.07) is -2.89. The van der Waals surface area contributed by atoms with Crippen LogP contribution in [0, 0.1) is 0 Å². The SMILES string of the molecule is CCCCCCCCCCCCCC(=O)N[C@H](C(=O)O)[C@@H](C)O[C@@H]1O[C@H](CO)[C@@H](O)[C@H](OC(=O)CCCCCCCCCCCCC)[C@H]1NC(=O)C[C@@H](CCCCCCCCCCC)OC(=O)CCCCCCCCCCCCC. The molecule has 1 rings (SSSR count). The highest BCUT2D eigenvalue weighted by Gasteiger charge is 2.50. The molecule has 14 nitrogen and oxygen atoms in total. The van der Waals surface area contributed by atoms with Gasteiger partial charge in [0.15, 0.2) is 18.4 Å². The number of hydrogen-bond acceptors (Lipinski definition) is 11. The van der Waals surface area contributed by atoms with Gasteiger partial charge in [-0.15, -0.1) is 0 Å². The van der Waals surface area contributed by atoms with E-state index in [0.717, 1.165) is 89.9 Å². The predicted molar refractivity (Wildman–Crippen MR) is 323 cm³/mol. The van der Waals surface area contributed by atoms with Crippen molar-refractivity contribution in [2.45, 2.75) is 385 Å². The Balaban J connectivity index is 3.20. The molecule has 0 aromatic carbocycles. The van der Waals surface area contributed by atoms with Crippen molar-refractivity contribution in [2.24, 2.45) is 0 Å². The Hall–Kier alpha value is -2.81. The summed E-state index contributed by atoms with van der Waals surface area (Å²) in [5, 5.41) is 38.0. The number of ether oxygens (including phenoxy) is 4. The fourth-order valence-corrected chi connectivity index (χ4v) is 11.0. The highest BCUT2D eigenvalue weighted by atomic mass is 16.7. The minimum absolute atomic E-state index is 0.0651. The number of carbonyl (C=O) groups is 5. The molecule has 14 heteroatoms. The summed E-state index contributed by atoms with van der Waals surface area (Å²) in [6.07, 6.45) is 39.9. The van der Waals surface area contributed by atoms with Crippen LogP contribution in [0.1, 0.15) is 336 Å². The number of aliphatic hydroxyl groups is 2. The quantitative estimate of drug-likeness (QED) is 0.0285. The van der Waals surface area contributed by atoms with E-state index in [1.165, 1.54) is 167 Å². The van der Waals surface area contributed by atoms with Gasteiger partial charge < -0.3 is 44.9 Å². The summed E-state index contributed by atoms with van der Waals surface area (Å²) in [5.41, 5.74) is 0. The average molecular weight is 1140 g/mol. The van der Waals surface area contributed by atoms with Crippen LogP contribution in [-0.4, -0.2) is 101 Å². The van der Waals surface area contributed by atoms with Crippen molar-refractivity contribution in [1.29, 1.82) is 0 Å². The Labute approximate surface area is 488 Å². The standard InChI is InChI=1S/C66H124N2O12/c1-6-10-14-18-22-26-29-33-37-41-45-49-57(70)67-61(65(75)76)54(5)77-66-62(64(63(74)56(53-69)79-66)80-60(73)51-47-43-39-35-31-28-24-20-16-12-8-3)68-58(71)52-55(48-44-40-36-32-25-21-17-13-9-4)78-59(72)50-46-42-38-34-30-27-23-19-15-11-7-2/h54-56,61-64,66,69,74H,6-53H2,1-5H3,(H,67,70)(H,68,71)(H,75,76)/t54-,55-,56-,61+,62-,63-,64-,66-/m1/s1. The third-order valence-electron chi connectivity index (χ3n) is 16.2. The Morgan fingerprint density at radius 2 is 0.850 bits per heavy atom. The molecule has 0 aliphatic carbocycles. The van der Waals surface area contributed by atoms with E-state index in [-0.39, 0.29) is 31.7 Å². The van der Waals surface area contributed by atoms with Crippen molar-refractivity contribution in [2.75, 3.05) is 6.61 Å². The number of hydrogen-bond donors (Lipinski definition) is 5. The van der Waals surface area contributed by atoms with Crippen LogP contribution in [-0.2, 0) is 42.9 Å². The van der Waals surface area contributed by atoms with Gasteiger partial charge in [-0.25, -0.2) is 4.79 Å². The normalized spacial score (nSPS) is 18.4. The fourth-order valence-electron chi connectivity index (χ4n) is 11.0. The van der Waals surface area contributed by atoms with E-state index in [1.54, 1.807) is 0 Å². The Kier molecular flexibility index (Phi) is 49.8. The van der Waals surface area contributed by atoms with Crippen LogP contribution in [0.2, 0.25) is 0 Å². The van der Waals surface area contributed by atoms with E-state index >= 15 is 0 Å². The molecule has 1 aliphatic heterocycles. The number of carboxylic acid groups (broad SMARTS) is 1. The van der Waals surface area contributed by atoms with Crippen LogP contribution in [0.3, 0.4) is 0 Å². The molecule has 80 heavy (non-hydrogen) atoms. The number of unbranched alkanes of at least 4 members (excludes halogenated alkanes) is 38. The number of rotatable bonds is 57. The number of carbonyl (C=O) groups excluding carboxylic acids is 4. The number of carboxylic acids is 1. The van der Waals surface area contributed by atoms with Gasteiger partial charge in [-0.05, 0) is 39.0 Å². The van der Waals surface area contributed by atoms with Gasteiger partial charge >= 0.3 is 17.9 Å². The van der Waals surface area contributed by atoms with Crippen molar-refractivity contribution < 1.29 is 58.2 Å². The summed E-state index contributed by atoms with van der Waals surface area (Å²) in [4.78, 5) is 67.3. The van der Waals surface area contributed by atoms with E-state index in [4.69, 9.17) is 18.9 Å². The highest BCUT2D eigenvalue weighted by Crippen LogP contribution is 2.28. The number of aliphatic carboxylic acids is 1. The maximum absolute atomic E-state index is 14.3. The van der Waals surface area contributed by atoms with E-state index < -0.39 is 79.3 Å². The largest absolute Gasteiger partial charge is 0.480 e. The van der Waals surface area contributed by atoms with Gasteiger partial charge in [0.25, 0.3) is 0 Å². The number of nitrogens with one attached hydrogen (secondary N) is 2. The molecule has 5 N–H and O–H groups in total. The molecule has 470 valence electrons. The third-order valence-corrected chi connectivity index (χ3v) is 16.2. The number of amides is 2. The lowest BCUT2D eigenvalue weighted by Gasteiger charge is -2.44. The summed E-state index contributed by atoms with van der Waals surface area (Å²) in [5.74, 6) is -3.31. The molecule has 0 aromatic heterocycles. The van der Waals surface area contributed by atoms with Gasteiger partial charge in [-0.3, -0.25) is 19.2 Å². The molecule has 0 unspecified atom stereocenters. The second-order valence-corrected chi connectivity index (χ2v) is 23.8. The first-order valence-corrected chi connectivity index (χ1v) is 33.7. The molecule has 1 fully saturated rings. The average Bonchev–Trinajstić information content (AvgIpc) is 3.44. The zero-order valence-electron chi connectivity index (χ0n) is 52.1. The van der Waals surface area contributed by atoms with Crippen LogP contribution in [0.25, 0.3) is 0 Å². The van der Waals surface area contributed by atoms with Crippen molar-refractivity contribution in [3.8, 4) is 0 Å². The maximum Gasteiger partial charge on any atom is 0.328 e. The van der Waals surface area contributed by atoms with Crippen molar-refractivity contribution in [3.63, 3.8) is 0 Å². The molecule has 0 bridgehead atoms. The van der Waals surface area contributed by atoms with E-state index in [2.05, 4.69) is 38.3 Å². The molecule has 0 saturated carbocycles. The summed E-state index contributed by atoms with van der Waals surface area (Å²) >= 11 is 0.